The van der Waals surface area contributed by atoms with E-state index < -0.39 is 0 Å². The van der Waals surface area contributed by atoms with Crippen LogP contribution in [0.2, 0.25) is 0 Å². The molecule has 138 heavy (non-hydrogen) atoms. The number of para-hydroxylation sites is 4. The molecule has 9 heteroatoms. The second-order valence-electron chi connectivity index (χ2n) is 35.2. The zero-order valence-electron chi connectivity index (χ0n) is 73.8. The number of aromatic nitrogens is 6. The summed E-state index contributed by atoms with van der Waals surface area (Å²) in [5, 5.41) is 45.1. The molecule has 0 spiro atoms. The van der Waals surface area contributed by atoms with Crippen molar-refractivity contribution in [2.45, 2.75) is 7.43 Å². The molecular formula is C129H79N9. The predicted molar refractivity (Wildman–Crippen MR) is 578 cm³/mol. The fourth-order valence-electron chi connectivity index (χ4n) is 21.6. The van der Waals surface area contributed by atoms with Gasteiger partial charge in [0.15, 0.2) is 5.69 Å². The standard InChI is InChI=1S/C46H27N3.C42H25N3.C40H23N3.CH4/c47-28-29-17-26-41-40(27-29)44-35(15-8-16-42(44)49(41)34-11-2-1-3-12-34)32-18-20-33(21-19-32)43-38-24-22-30-9-4-6-13-36(30)45(38)48-46-37-14-7-5-10-31(37)23-25-39(43)46;43-26-27-17-24-38-36(25-27)41-32(14-8-16-39(41)45(38)31-10-2-1-3-11-31)29-18-20-30(21-19-29)40-34-13-6-7-15-37(34)44-42-33-12-5-4-9-28(33)22-23-35(40)42;1-41-28-17-19-29(20-18-28)43-36-13-7-6-12-32(36)35-24-27(16-23-37(35)43)38-33-21-14-25-8-2-4-10-30(25)39(33)42-40-31-11-5-3-9-26(31)15-22-34(38)40;/h1-27H;1-25H;2-24H;1H4. The molecular weight excluding hydrogens is 1680 g/mol. The van der Waals surface area contributed by atoms with Crippen molar-refractivity contribution >= 4 is 190 Å². The van der Waals surface area contributed by atoms with Crippen LogP contribution in [0.25, 0.3) is 262 Å². The zero-order valence-corrected chi connectivity index (χ0v) is 73.8. The molecule has 0 amide bonds. The van der Waals surface area contributed by atoms with Crippen molar-refractivity contribution in [1.29, 1.82) is 10.5 Å². The highest BCUT2D eigenvalue weighted by Crippen LogP contribution is 2.49. The van der Waals surface area contributed by atoms with Gasteiger partial charge in [0.05, 0.1) is 96.0 Å². The van der Waals surface area contributed by atoms with Crippen LogP contribution in [0.15, 0.2) is 455 Å². The Hall–Kier alpha value is -19.0. The molecule has 0 saturated heterocycles. The summed E-state index contributed by atoms with van der Waals surface area (Å²) in [6, 6.07) is 165. The van der Waals surface area contributed by atoms with Crippen molar-refractivity contribution in [2.24, 2.45) is 0 Å². The summed E-state index contributed by atoms with van der Waals surface area (Å²) in [5.41, 5.74) is 29.6. The molecule has 22 aromatic carbocycles. The van der Waals surface area contributed by atoms with E-state index in [2.05, 4.69) is 425 Å². The van der Waals surface area contributed by atoms with Crippen LogP contribution in [0.5, 0.6) is 0 Å². The second kappa shape index (κ2) is 33.1. The van der Waals surface area contributed by atoms with Gasteiger partial charge in [-0.3, -0.25) is 0 Å². The van der Waals surface area contributed by atoms with Crippen LogP contribution in [0.4, 0.5) is 5.69 Å². The van der Waals surface area contributed by atoms with Crippen LogP contribution in [0.1, 0.15) is 18.6 Å². The van der Waals surface area contributed by atoms with Crippen molar-refractivity contribution < 1.29 is 0 Å². The SMILES string of the molecule is C.N#Cc1ccc2c(c1)c1c(-c3ccc(-c4c5ccc6ccccc6c5nc5c4ccc4ccccc45)cc3)cccc1n2-c1ccccc1.N#Cc1ccc2c(c1)c1c(-c3ccc(-c4c5ccccc5nc5c4ccc4ccccc45)cc3)cccc1n2-c1ccccc1.[C-]#[N+]c1ccc(-n2c3ccccc3c3cc(-c4c5ccc6ccccc6c5nc5c4ccc4ccccc45)ccc32)cc1. The lowest BCUT2D eigenvalue weighted by Gasteiger charge is -2.15. The summed E-state index contributed by atoms with van der Waals surface area (Å²) in [6.45, 7) is 7.37. The van der Waals surface area contributed by atoms with Crippen LogP contribution >= 0.6 is 0 Å². The molecule has 0 fully saturated rings. The van der Waals surface area contributed by atoms with Gasteiger partial charge in [-0.25, -0.2) is 19.8 Å². The van der Waals surface area contributed by atoms with Crippen LogP contribution in [-0.2, 0) is 0 Å². The van der Waals surface area contributed by atoms with Crippen molar-refractivity contribution in [1.82, 2.24) is 28.7 Å². The van der Waals surface area contributed by atoms with Gasteiger partial charge in [-0.05, 0) is 175 Å². The van der Waals surface area contributed by atoms with Gasteiger partial charge in [0.1, 0.15) is 0 Å². The summed E-state index contributed by atoms with van der Waals surface area (Å²) in [6.07, 6.45) is 0. The van der Waals surface area contributed by atoms with Gasteiger partial charge in [-0.1, -0.05) is 353 Å². The Morgan fingerprint density at radius 2 is 0.529 bits per heavy atom. The van der Waals surface area contributed by atoms with E-state index in [1.807, 2.05) is 60.7 Å². The Labute approximate surface area is 793 Å². The van der Waals surface area contributed by atoms with E-state index in [1.165, 1.54) is 60.0 Å². The summed E-state index contributed by atoms with van der Waals surface area (Å²) in [7, 11) is 0. The molecule has 0 bridgehead atoms. The molecule has 0 aliphatic heterocycles. The van der Waals surface area contributed by atoms with Gasteiger partial charge in [-0.2, -0.15) is 10.5 Å². The molecule has 640 valence electrons. The Morgan fingerprint density at radius 1 is 0.217 bits per heavy atom. The first-order valence-electron chi connectivity index (χ1n) is 46.1. The first-order valence-corrected chi connectivity index (χ1v) is 46.1. The fraction of sp³-hybridized carbons (Fsp3) is 0.00775. The summed E-state index contributed by atoms with van der Waals surface area (Å²) in [5.74, 6) is 0. The average molecular weight is 1760 g/mol. The maximum Gasteiger partial charge on any atom is 0.187 e. The number of fused-ring (bicyclic) bond motifs is 25. The highest BCUT2D eigenvalue weighted by Gasteiger charge is 2.25. The monoisotopic (exact) mass is 1750 g/mol. The van der Waals surface area contributed by atoms with Crippen molar-refractivity contribution in [3.05, 3.63) is 478 Å². The van der Waals surface area contributed by atoms with E-state index in [-0.39, 0.29) is 7.43 Å². The quantitative estimate of drug-likeness (QED) is 0.0856. The fourth-order valence-corrected chi connectivity index (χ4v) is 21.6. The number of nitriles is 2. The van der Waals surface area contributed by atoms with E-state index >= 15 is 0 Å². The Kier molecular flexibility index (Phi) is 19.4. The number of pyridine rings is 3. The second-order valence-corrected chi connectivity index (χ2v) is 35.2. The number of rotatable bonds is 8. The van der Waals surface area contributed by atoms with Gasteiger partial charge in [0, 0.05) is 125 Å². The highest BCUT2D eigenvalue weighted by molar-refractivity contribution is 6.26. The lowest BCUT2D eigenvalue weighted by molar-refractivity contribution is 1.18. The third-order valence-electron chi connectivity index (χ3n) is 27.7. The minimum absolute atomic E-state index is 0. The molecule has 0 aliphatic carbocycles. The van der Waals surface area contributed by atoms with Gasteiger partial charge in [0.25, 0.3) is 0 Å². The van der Waals surface area contributed by atoms with E-state index in [9.17, 15) is 10.5 Å². The van der Waals surface area contributed by atoms with E-state index in [0.717, 1.165) is 197 Å². The summed E-state index contributed by atoms with van der Waals surface area (Å²) < 4.78 is 6.89. The first kappa shape index (κ1) is 81.0. The minimum atomic E-state index is 0. The Balaban J connectivity index is 0.000000110. The maximum absolute atomic E-state index is 9.82. The van der Waals surface area contributed by atoms with Crippen molar-refractivity contribution in [2.75, 3.05) is 0 Å². The topological polar surface area (TPSA) is 105 Å². The molecule has 6 heterocycles. The van der Waals surface area contributed by atoms with Crippen molar-refractivity contribution in [3.63, 3.8) is 0 Å². The number of nitrogens with zero attached hydrogens (tertiary/aromatic N) is 9. The zero-order chi connectivity index (χ0) is 90.9. The lowest BCUT2D eigenvalue weighted by Crippen LogP contribution is -1.94. The number of benzene rings is 22. The van der Waals surface area contributed by atoms with E-state index in [4.69, 9.17) is 21.5 Å². The summed E-state index contributed by atoms with van der Waals surface area (Å²) >= 11 is 0. The first-order chi connectivity index (χ1) is 67.8. The third-order valence-corrected chi connectivity index (χ3v) is 27.7. The normalized spacial score (nSPS) is 11.5. The number of hydrogen-bond acceptors (Lipinski definition) is 5. The molecule has 6 aromatic heterocycles. The maximum atomic E-state index is 9.82. The third kappa shape index (κ3) is 13.2. The highest BCUT2D eigenvalue weighted by atomic mass is 15.0. The Morgan fingerprint density at radius 3 is 0.949 bits per heavy atom. The molecule has 0 N–H and O–H groups in total. The average Bonchev–Trinajstić information content (AvgIpc) is 1.49. The van der Waals surface area contributed by atoms with Crippen LogP contribution in [0, 0.1) is 29.2 Å². The van der Waals surface area contributed by atoms with E-state index in [0.29, 0.717) is 16.8 Å². The van der Waals surface area contributed by atoms with Crippen LogP contribution in [0.3, 0.4) is 0 Å². The molecule has 0 unspecified atom stereocenters. The molecule has 28 rings (SSSR count). The lowest BCUT2D eigenvalue weighted by atomic mass is 9.91. The molecule has 0 saturated carbocycles. The molecule has 0 aliphatic rings. The predicted octanol–water partition coefficient (Wildman–Crippen LogP) is 34.5. The molecule has 0 radical (unpaired) electrons. The van der Waals surface area contributed by atoms with Gasteiger partial charge in [0.2, 0.25) is 0 Å². The van der Waals surface area contributed by atoms with Crippen LogP contribution < -0.4 is 0 Å². The molecule has 0 atom stereocenters. The van der Waals surface area contributed by atoms with E-state index in [1.54, 1.807) is 0 Å². The largest absolute Gasteiger partial charge is 0.309 e. The minimum Gasteiger partial charge on any atom is -0.309 e. The van der Waals surface area contributed by atoms with Crippen molar-refractivity contribution in [3.8, 4) is 84.8 Å². The van der Waals surface area contributed by atoms with Gasteiger partial charge in [-0.15, -0.1) is 0 Å². The summed E-state index contributed by atoms with van der Waals surface area (Å²) in [4.78, 5) is 19.5. The van der Waals surface area contributed by atoms with Gasteiger partial charge >= 0.3 is 0 Å². The molecule has 28 aromatic rings. The Bertz CT molecular complexity index is 9880. The molecule has 9 nitrogen and oxygen atoms in total. The van der Waals surface area contributed by atoms with Crippen LogP contribution in [-0.4, -0.2) is 28.7 Å². The number of hydrogen-bond donors (Lipinski definition) is 0. The smallest absolute Gasteiger partial charge is 0.187 e. The van der Waals surface area contributed by atoms with Gasteiger partial charge < -0.3 is 13.7 Å².